The molecule has 0 spiro atoms. The highest BCUT2D eigenvalue weighted by Gasteiger charge is 2.06. The predicted octanol–water partition coefficient (Wildman–Crippen LogP) is 3.47. The third-order valence-electron chi connectivity index (χ3n) is 2.77. The summed E-state index contributed by atoms with van der Waals surface area (Å²) in [5.41, 5.74) is 2.77. The number of halogens is 1. The van der Waals surface area contributed by atoms with Crippen molar-refractivity contribution in [2.24, 2.45) is 0 Å². The van der Waals surface area contributed by atoms with E-state index in [1.54, 1.807) is 6.07 Å². The molecule has 3 heteroatoms. The molecule has 1 heterocycles. The van der Waals surface area contributed by atoms with E-state index in [0.717, 1.165) is 23.1 Å². The zero-order chi connectivity index (χ0) is 12.3. The number of ether oxygens (including phenoxy) is 1. The van der Waals surface area contributed by atoms with Crippen molar-refractivity contribution in [2.75, 3.05) is 6.61 Å². The van der Waals surface area contributed by atoms with Crippen LogP contribution < -0.4 is 0 Å². The van der Waals surface area contributed by atoms with Crippen LogP contribution in [0.4, 0.5) is 4.39 Å². The molecule has 90 valence electrons. The number of nitrogens with zero attached hydrogens (tertiary/aromatic N) is 1. The van der Waals surface area contributed by atoms with Gasteiger partial charge in [0.05, 0.1) is 17.8 Å². The Kier molecular flexibility index (Phi) is 3.69. The summed E-state index contributed by atoms with van der Waals surface area (Å²) in [6.45, 7) is 5.19. The summed E-state index contributed by atoms with van der Waals surface area (Å²) in [5.74, 6) is -0.253. The van der Waals surface area contributed by atoms with Gasteiger partial charge in [-0.25, -0.2) is 9.37 Å². The van der Waals surface area contributed by atoms with Gasteiger partial charge < -0.3 is 4.74 Å². The van der Waals surface area contributed by atoms with Crippen LogP contribution in [-0.2, 0) is 17.8 Å². The molecular formula is C14H16FNO. The third-order valence-corrected chi connectivity index (χ3v) is 2.77. The number of hydrogen-bond acceptors (Lipinski definition) is 2. The summed E-state index contributed by atoms with van der Waals surface area (Å²) >= 11 is 0. The van der Waals surface area contributed by atoms with Gasteiger partial charge >= 0.3 is 0 Å². The van der Waals surface area contributed by atoms with Crippen molar-refractivity contribution < 1.29 is 9.13 Å². The van der Waals surface area contributed by atoms with E-state index >= 15 is 0 Å². The Morgan fingerprint density at radius 3 is 2.76 bits per heavy atom. The molecule has 0 aliphatic heterocycles. The minimum atomic E-state index is -0.253. The normalized spacial score (nSPS) is 11.0. The zero-order valence-corrected chi connectivity index (χ0v) is 10.2. The number of pyridine rings is 1. The molecule has 1 aromatic carbocycles. The van der Waals surface area contributed by atoms with Crippen molar-refractivity contribution in [3.05, 3.63) is 41.3 Å². The fraction of sp³-hybridized carbons (Fsp3) is 0.357. The molecule has 0 aliphatic carbocycles. The summed E-state index contributed by atoms with van der Waals surface area (Å²) in [7, 11) is 0. The van der Waals surface area contributed by atoms with Gasteiger partial charge in [0, 0.05) is 18.1 Å². The van der Waals surface area contributed by atoms with E-state index in [0.29, 0.717) is 18.7 Å². The summed E-state index contributed by atoms with van der Waals surface area (Å²) in [6.07, 6.45) is 0.905. The van der Waals surface area contributed by atoms with E-state index in [2.05, 4.69) is 18.0 Å². The molecule has 0 bridgehead atoms. The molecule has 0 amide bonds. The minimum absolute atomic E-state index is 0.253. The van der Waals surface area contributed by atoms with Crippen molar-refractivity contribution in [1.29, 1.82) is 0 Å². The molecule has 2 rings (SSSR count). The van der Waals surface area contributed by atoms with Crippen molar-refractivity contribution in [1.82, 2.24) is 4.98 Å². The highest BCUT2D eigenvalue weighted by atomic mass is 19.1. The Balaban J connectivity index is 2.49. The van der Waals surface area contributed by atoms with Crippen molar-refractivity contribution >= 4 is 10.9 Å². The van der Waals surface area contributed by atoms with Crippen LogP contribution in [0.1, 0.15) is 25.1 Å². The van der Waals surface area contributed by atoms with Gasteiger partial charge in [-0.05, 0) is 37.1 Å². The van der Waals surface area contributed by atoms with Gasteiger partial charge in [-0.15, -0.1) is 0 Å². The maximum absolute atomic E-state index is 13.1. The number of hydrogen-bond donors (Lipinski definition) is 0. The van der Waals surface area contributed by atoms with Crippen LogP contribution in [0.2, 0.25) is 0 Å². The van der Waals surface area contributed by atoms with Crippen LogP contribution in [0.3, 0.4) is 0 Å². The lowest BCUT2D eigenvalue weighted by molar-refractivity contribution is 0.131. The summed E-state index contributed by atoms with van der Waals surface area (Å²) in [5, 5.41) is 0.975. The lowest BCUT2D eigenvalue weighted by Crippen LogP contribution is -2.01. The SMILES string of the molecule is CCOCc1nc2cc(F)ccc2cc1CC. The molecule has 0 fully saturated rings. The van der Waals surface area contributed by atoms with E-state index in [1.165, 1.54) is 12.1 Å². The smallest absolute Gasteiger partial charge is 0.125 e. The minimum Gasteiger partial charge on any atom is -0.375 e. The summed E-state index contributed by atoms with van der Waals surface area (Å²) < 4.78 is 18.5. The van der Waals surface area contributed by atoms with Gasteiger partial charge in [0.25, 0.3) is 0 Å². The lowest BCUT2D eigenvalue weighted by atomic mass is 10.1. The van der Waals surface area contributed by atoms with Gasteiger partial charge in [0.1, 0.15) is 5.82 Å². The van der Waals surface area contributed by atoms with Crippen LogP contribution in [0.25, 0.3) is 10.9 Å². The Labute approximate surface area is 100 Å². The van der Waals surface area contributed by atoms with E-state index in [9.17, 15) is 4.39 Å². The third kappa shape index (κ3) is 2.61. The highest BCUT2D eigenvalue weighted by molar-refractivity contribution is 5.79. The van der Waals surface area contributed by atoms with Crippen LogP contribution in [0.15, 0.2) is 24.3 Å². The van der Waals surface area contributed by atoms with E-state index in [4.69, 9.17) is 4.74 Å². The van der Waals surface area contributed by atoms with Crippen LogP contribution in [0, 0.1) is 5.82 Å². The number of aromatic nitrogens is 1. The molecule has 2 aromatic rings. The first-order chi connectivity index (χ1) is 8.24. The monoisotopic (exact) mass is 233 g/mol. The largest absolute Gasteiger partial charge is 0.375 e. The first-order valence-electron chi connectivity index (χ1n) is 5.90. The first kappa shape index (κ1) is 12.0. The Hall–Kier alpha value is -1.48. The number of benzene rings is 1. The van der Waals surface area contributed by atoms with E-state index in [-0.39, 0.29) is 5.82 Å². The van der Waals surface area contributed by atoms with Crippen molar-refractivity contribution in [2.45, 2.75) is 26.9 Å². The molecule has 0 aliphatic rings. The quantitative estimate of drug-likeness (QED) is 0.806. The molecule has 1 aromatic heterocycles. The van der Waals surface area contributed by atoms with Gasteiger partial charge in [-0.1, -0.05) is 6.92 Å². The van der Waals surface area contributed by atoms with Gasteiger partial charge in [-0.3, -0.25) is 0 Å². The van der Waals surface area contributed by atoms with Crippen LogP contribution in [-0.4, -0.2) is 11.6 Å². The van der Waals surface area contributed by atoms with Gasteiger partial charge in [0.15, 0.2) is 0 Å². The number of rotatable bonds is 4. The number of aryl methyl sites for hydroxylation is 1. The lowest BCUT2D eigenvalue weighted by Gasteiger charge is -2.09. The topological polar surface area (TPSA) is 22.1 Å². The second-order valence-corrected chi connectivity index (χ2v) is 3.92. The Morgan fingerprint density at radius 2 is 2.06 bits per heavy atom. The van der Waals surface area contributed by atoms with Crippen molar-refractivity contribution in [3.63, 3.8) is 0 Å². The molecule has 0 saturated carbocycles. The molecule has 0 radical (unpaired) electrons. The molecule has 17 heavy (non-hydrogen) atoms. The molecule has 0 unspecified atom stereocenters. The summed E-state index contributed by atoms with van der Waals surface area (Å²) in [4.78, 5) is 4.48. The number of fused-ring (bicyclic) bond motifs is 1. The maximum Gasteiger partial charge on any atom is 0.125 e. The fourth-order valence-electron chi connectivity index (χ4n) is 1.85. The fourth-order valence-corrected chi connectivity index (χ4v) is 1.85. The summed E-state index contributed by atoms with van der Waals surface area (Å²) in [6, 6.07) is 6.76. The van der Waals surface area contributed by atoms with Crippen LogP contribution in [0.5, 0.6) is 0 Å². The standard InChI is InChI=1S/C14H16FNO/c1-3-10-7-11-5-6-12(15)8-13(11)16-14(10)9-17-4-2/h5-8H,3-4,9H2,1-2H3. The van der Waals surface area contributed by atoms with Gasteiger partial charge in [0.2, 0.25) is 0 Å². The molecular weight excluding hydrogens is 217 g/mol. The van der Waals surface area contributed by atoms with Crippen LogP contribution >= 0.6 is 0 Å². The second kappa shape index (κ2) is 5.23. The molecule has 0 N–H and O–H groups in total. The molecule has 2 nitrogen and oxygen atoms in total. The maximum atomic E-state index is 13.1. The highest BCUT2D eigenvalue weighted by Crippen LogP contribution is 2.19. The van der Waals surface area contributed by atoms with E-state index in [1.807, 2.05) is 6.92 Å². The second-order valence-electron chi connectivity index (χ2n) is 3.92. The van der Waals surface area contributed by atoms with Crippen molar-refractivity contribution in [3.8, 4) is 0 Å². The Morgan fingerprint density at radius 1 is 1.24 bits per heavy atom. The predicted molar refractivity (Wildman–Crippen MR) is 66.4 cm³/mol. The average molecular weight is 233 g/mol. The van der Waals surface area contributed by atoms with E-state index < -0.39 is 0 Å². The zero-order valence-electron chi connectivity index (χ0n) is 10.2. The molecule has 0 atom stereocenters. The molecule has 0 saturated heterocycles. The Bertz CT molecular complexity index is 525. The average Bonchev–Trinajstić information content (AvgIpc) is 2.35. The van der Waals surface area contributed by atoms with Gasteiger partial charge in [-0.2, -0.15) is 0 Å². The first-order valence-corrected chi connectivity index (χ1v) is 5.90.